The average molecular weight is 270 g/mol. The van der Waals surface area contributed by atoms with Crippen LogP contribution in [-0.4, -0.2) is 16.5 Å². The lowest BCUT2D eigenvalue weighted by molar-refractivity contribution is 0.616. The Morgan fingerprint density at radius 2 is 2.11 bits per heavy atom. The van der Waals surface area contributed by atoms with E-state index in [2.05, 4.69) is 15.3 Å². The van der Waals surface area contributed by atoms with Gasteiger partial charge in [0.2, 0.25) is 5.95 Å². The molecule has 0 aliphatic heterocycles. The molecule has 0 radical (unpaired) electrons. The molecular weight excluding hydrogens is 260 g/mol. The molecule has 0 spiro atoms. The first-order chi connectivity index (χ1) is 8.61. The molecule has 1 heterocycles. The minimum atomic E-state index is -0.649. The molecule has 0 atom stereocenters. The van der Waals surface area contributed by atoms with E-state index in [-0.39, 0.29) is 22.2 Å². The number of halogens is 3. The Morgan fingerprint density at radius 1 is 1.33 bits per heavy atom. The molecule has 6 heteroatoms. The van der Waals surface area contributed by atoms with Crippen molar-refractivity contribution in [2.24, 2.45) is 0 Å². The third-order valence-corrected chi connectivity index (χ3v) is 2.59. The van der Waals surface area contributed by atoms with Gasteiger partial charge < -0.3 is 5.32 Å². The number of hydrogen-bond donors (Lipinski definition) is 1. The second-order valence-corrected chi connectivity index (χ2v) is 3.95. The Kier molecular flexibility index (Phi) is 3.72. The fourth-order valence-corrected chi connectivity index (χ4v) is 1.69. The summed E-state index contributed by atoms with van der Waals surface area (Å²) in [6, 6.07) is 3.71. The summed E-state index contributed by atoms with van der Waals surface area (Å²) in [5, 5.41) is 3.09. The van der Waals surface area contributed by atoms with Gasteiger partial charge in [-0.2, -0.15) is 0 Å². The summed E-state index contributed by atoms with van der Waals surface area (Å²) in [6.07, 6.45) is 1.03. The van der Waals surface area contributed by atoms with Crippen molar-refractivity contribution in [1.82, 2.24) is 9.97 Å². The third-order valence-electron chi connectivity index (χ3n) is 2.26. The Hall–Kier alpha value is -1.75. The molecule has 0 amide bonds. The Bertz CT molecular complexity index is 575. The van der Waals surface area contributed by atoms with E-state index in [4.69, 9.17) is 11.6 Å². The molecule has 0 saturated carbocycles. The summed E-state index contributed by atoms with van der Waals surface area (Å²) in [7, 11) is 0. The summed E-state index contributed by atoms with van der Waals surface area (Å²) in [4.78, 5) is 7.76. The number of anilines is 1. The molecule has 1 aromatic carbocycles. The van der Waals surface area contributed by atoms with Gasteiger partial charge in [0.15, 0.2) is 5.82 Å². The second kappa shape index (κ2) is 5.27. The van der Waals surface area contributed by atoms with Crippen molar-refractivity contribution >= 4 is 17.5 Å². The summed E-state index contributed by atoms with van der Waals surface area (Å²) in [5.74, 6) is -0.879. The molecule has 18 heavy (non-hydrogen) atoms. The number of hydrogen-bond acceptors (Lipinski definition) is 3. The molecule has 2 aromatic rings. The highest BCUT2D eigenvalue weighted by molar-refractivity contribution is 6.33. The maximum atomic E-state index is 13.7. The first-order valence-corrected chi connectivity index (χ1v) is 5.71. The maximum Gasteiger partial charge on any atom is 0.223 e. The normalized spacial score (nSPS) is 10.4. The van der Waals surface area contributed by atoms with Gasteiger partial charge in [-0.25, -0.2) is 18.7 Å². The quantitative estimate of drug-likeness (QED) is 0.927. The van der Waals surface area contributed by atoms with Gasteiger partial charge in [-0.3, -0.25) is 0 Å². The van der Waals surface area contributed by atoms with Crippen LogP contribution in [0.25, 0.3) is 11.3 Å². The van der Waals surface area contributed by atoms with Gasteiger partial charge in [0.1, 0.15) is 11.5 Å². The first kappa shape index (κ1) is 12.7. The van der Waals surface area contributed by atoms with Gasteiger partial charge in [-0.1, -0.05) is 11.6 Å². The van der Waals surface area contributed by atoms with Crippen LogP contribution < -0.4 is 5.32 Å². The van der Waals surface area contributed by atoms with Crippen LogP contribution in [0.5, 0.6) is 0 Å². The summed E-state index contributed by atoms with van der Waals surface area (Å²) in [6.45, 7) is 2.46. The first-order valence-electron chi connectivity index (χ1n) is 5.33. The van der Waals surface area contributed by atoms with Crippen molar-refractivity contribution in [1.29, 1.82) is 0 Å². The standard InChI is InChI=1S/C12H10ClF2N3/c1-2-16-12-17-6-10(15)11(18-12)8-5-7(14)3-4-9(8)13/h3-6H,2H2,1H3,(H,16,17,18). The highest BCUT2D eigenvalue weighted by Gasteiger charge is 2.13. The smallest absolute Gasteiger partial charge is 0.223 e. The molecule has 0 aliphatic rings. The van der Waals surface area contributed by atoms with Gasteiger partial charge in [0.25, 0.3) is 0 Å². The third kappa shape index (κ3) is 2.56. The molecule has 0 saturated heterocycles. The van der Waals surface area contributed by atoms with Gasteiger partial charge in [-0.15, -0.1) is 0 Å². The van der Waals surface area contributed by atoms with Crippen LogP contribution in [0, 0.1) is 11.6 Å². The molecule has 0 fully saturated rings. The summed E-state index contributed by atoms with van der Waals surface area (Å²) >= 11 is 5.92. The predicted molar refractivity (Wildman–Crippen MR) is 66.6 cm³/mol. The van der Waals surface area contributed by atoms with E-state index in [1.54, 1.807) is 0 Å². The number of aromatic nitrogens is 2. The molecule has 94 valence electrons. The van der Waals surface area contributed by atoms with E-state index < -0.39 is 11.6 Å². The van der Waals surface area contributed by atoms with Crippen molar-refractivity contribution in [3.05, 3.63) is 41.1 Å². The van der Waals surface area contributed by atoms with E-state index >= 15 is 0 Å². The zero-order valence-corrected chi connectivity index (χ0v) is 10.3. The summed E-state index contributed by atoms with van der Waals surface area (Å²) < 4.78 is 26.8. The van der Waals surface area contributed by atoms with Crippen LogP contribution in [0.4, 0.5) is 14.7 Å². The predicted octanol–water partition coefficient (Wildman–Crippen LogP) is 3.51. The number of rotatable bonds is 3. The maximum absolute atomic E-state index is 13.7. The van der Waals surface area contributed by atoms with Crippen molar-refractivity contribution in [2.45, 2.75) is 6.92 Å². The van der Waals surface area contributed by atoms with E-state index in [0.717, 1.165) is 12.3 Å². The van der Waals surface area contributed by atoms with E-state index in [0.29, 0.717) is 6.54 Å². The Labute approximate surface area is 108 Å². The van der Waals surface area contributed by atoms with Crippen LogP contribution in [0.15, 0.2) is 24.4 Å². The molecule has 0 bridgehead atoms. The Balaban J connectivity index is 2.55. The molecule has 1 N–H and O–H groups in total. The number of benzene rings is 1. The minimum Gasteiger partial charge on any atom is -0.354 e. The average Bonchev–Trinajstić information content (AvgIpc) is 2.35. The van der Waals surface area contributed by atoms with Crippen LogP contribution in [0.1, 0.15) is 6.92 Å². The van der Waals surface area contributed by atoms with Crippen LogP contribution in [0.2, 0.25) is 5.02 Å². The molecule has 1 aromatic heterocycles. The van der Waals surface area contributed by atoms with Crippen molar-refractivity contribution in [2.75, 3.05) is 11.9 Å². The highest BCUT2D eigenvalue weighted by Crippen LogP contribution is 2.29. The number of nitrogens with one attached hydrogen (secondary N) is 1. The lowest BCUT2D eigenvalue weighted by atomic mass is 10.1. The largest absolute Gasteiger partial charge is 0.354 e. The monoisotopic (exact) mass is 269 g/mol. The topological polar surface area (TPSA) is 37.8 Å². The fraction of sp³-hybridized carbons (Fsp3) is 0.167. The fourth-order valence-electron chi connectivity index (χ4n) is 1.48. The zero-order chi connectivity index (χ0) is 13.1. The minimum absolute atomic E-state index is 0.0227. The van der Waals surface area contributed by atoms with Gasteiger partial charge in [0, 0.05) is 12.1 Å². The van der Waals surface area contributed by atoms with Gasteiger partial charge >= 0.3 is 0 Å². The Morgan fingerprint density at radius 3 is 2.83 bits per heavy atom. The molecular formula is C12H10ClF2N3. The van der Waals surface area contributed by atoms with Gasteiger partial charge in [-0.05, 0) is 25.1 Å². The van der Waals surface area contributed by atoms with Gasteiger partial charge in [0.05, 0.1) is 11.2 Å². The van der Waals surface area contributed by atoms with Crippen molar-refractivity contribution in [3.63, 3.8) is 0 Å². The molecule has 3 nitrogen and oxygen atoms in total. The van der Waals surface area contributed by atoms with E-state index in [1.807, 2.05) is 6.92 Å². The van der Waals surface area contributed by atoms with Crippen molar-refractivity contribution < 1.29 is 8.78 Å². The lowest BCUT2D eigenvalue weighted by Gasteiger charge is -2.07. The molecule has 0 unspecified atom stereocenters. The van der Waals surface area contributed by atoms with Crippen LogP contribution in [-0.2, 0) is 0 Å². The van der Waals surface area contributed by atoms with E-state index in [9.17, 15) is 8.78 Å². The SMILES string of the molecule is CCNc1ncc(F)c(-c2cc(F)ccc2Cl)n1. The molecule has 0 aliphatic carbocycles. The van der Waals surface area contributed by atoms with Crippen LogP contribution >= 0.6 is 11.6 Å². The van der Waals surface area contributed by atoms with Crippen LogP contribution in [0.3, 0.4) is 0 Å². The summed E-state index contributed by atoms with van der Waals surface area (Å²) in [5.41, 5.74) is 0.182. The second-order valence-electron chi connectivity index (χ2n) is 3.54. The van der Waals surface area contributed by atoms with Crippen molar-refractivity contribution in [3.8, 4) is 11.3 Å². The number of nitrogens with zero attached hydrogens (tertiary/aromatic N) is 2. The molecule has 2 rings (SSSR count). The zero-order valence-electron chi connectivity index (χ0n) is 9.54. The lowest BCUT2D eigenvalue weighted by Crippen LogP contribution is -2.04. The highest BCUT2D eigenvalue weighted by atomic mass is 35.5. The van der Waals surface area contributed by atoms with E-state index in [1.165, 1.54) is 12.1 Å².